The summed E-state index contributed by atoms with van der Waals surface area (Å²) in [5.74, 6) is 0. The van der Waals surface area contributed by atoms with Crippen LogP contribution in [0.2, 0.25) is 0 Å². The number of aromatic amines is 1. The molecule has 0 spiro atoms. The molecule has 1 heterocycles. The number of hydrogen-bond donors (Lipinski definition) is 2. The molecule has 3 nitrogen and oxygen atoms in total. The number of aromatic nitrogens is 1. The number of para-hydroxylation sites is 1. The Hall–Kier alpha value is -1.61. The summed E-state index contributed by atoms with van der Waals surface area (Å²) in [6.07, 6.45) is 0.518. The Balaban J connectivity index is 2.73. The van der Waals surface area contributed by atoms with E-state index in [0.29, 0.717) is 6.42 Å². The van der Waals surface area contributed by atoms with E-state index in [1.807, 2.05) is 24.3 Å². The highest BCUT2D eigenvalue weighted by Gasteiger charge is 2.01. The van der Waals surface area contributed by atoms with Crippen molar-refractivity contribution in [2.75, 3.05) is 6.61 Å². The van der Waals surface area contributed by atoms with Crippen molar-refractivity contribution >= 4 is 10.9 Å². The molecule has 0 saturated carbocycles. The molecule has 0 unspecified atom stereocenters. The third kappa shape index (κ3) is 1.54. The highest BCUT2D eigenvalue weighted by Crippen LogP contribution is 2.14. The monoisotopic (exact) mass is 189 g/mol. The van der Waals surface area contributed by atoms with E-state index in [4.69, 9.17) is 5.11 Å². The molecule has 0 bridgehead atoms. The van der Waals surface area contributed by atoms with Crippen molar-refractivity contribution in [2.45, 2.75) is 6.42 Å². The highest BCUT2D eigenvalue weighted by molar-refractivity contribution is 5.81. The van der Waals surface area contributed by atoms with Crippen molar-refractivity contribution in [2.24, 2.45) is 0 Å². The maximum Gasteiger partial charge on any atom is 0.248 e. The third-order valence-electron chi connectivity index (χ3n) is 2.22. The van der Waals surface area contributed by atoms with E-state index >= 15 is 0 Å². The predicted molar refractivity (Wildman–Crippen MR) is 55.4 cm³/mol. The van der Waals surface area contributed by atoms with Gasteiger partial charge in [0.15, 0.2) is 0 Å². The number of hydrogen-bond acceptors (Lipinski definition) is 2. The van der Waals surface area contributed by atoms with Crippen molar-refractivity contribution in [3.8, 4) is 0 Å². The molecular weight excluding hydrogens is 178 g/mol. The lowest BCUT2D eigenvalue weighted by atomic mass is 10.1. The molecule has 0 aliphatic carbocycles. The first kappa shape index (κ1) is 8.97. The Morgan fingerprint density at radius 2 is 2.07 bits per heavy atom. The molecule has 0 aliphatic rings. The number of H-pyrrole nitrogens is 1. The first-order chi connectivity index (χ1) is 6.81. The Kier molecular flexibility index (Phi) is 2.33. The summed E-state index contributed by atoms with van der Waals surface area (Å²) >= 11 is 0. The van der Waals surface area contributed by atoms with Crippen molar-refractivity contribution in [1.82, 2.24) is 4.98 Å². The van der Waals surface area contributed by atoms with Gasteiger partial charge in [0.2, 0.25) is 5.56 Å². The standard InChI is InChI=1S/C11H11NO2/c13-6-5-8-7-11(14)12-10-4-2-1-3-9(8)10/h1-4,7,13H,5-6H2,(H,12,14). The maximum absolute atomic E-state index is 11.2. The number of rotatable bonds is 2. The van der Waals surface area contributed by atoms with Gasteiger partial charge >= 0.3 is 0 Å². The lowest BCUT2D eigenvalue weighted by molar-refractivity contribution is 0.300. The van der Waals surface area contributed by atoms with E-state index in [9.17, 15) is 4.79 Å². The third-order valence-corrected chi connectivity index (χ3v) is 2.22. The summed E-state index contributed by atoms with van der Waals surface area (Å²) < 4.78 is 0. The molecular formula is C11H11NO2. The number of benzene rings is 1. The Morgan fingerprint density at radius 1 is 1.29 bits per heavy atom. The van der Waals surface area contributed by atoms with Gasteiger partial charge in [-0.2, -0.15) is 0 Å². The van der Waals surface area contributed by atoms with Crippen LogP contribution in [0.1, 0.15) is 5.56 Å². The van der Waals surface area contributed by atoms with Crippen LogP contribution in [-0.2, 0) is 6.42 Å². The number of nitrogens with one attached hydrogen (secondary N) is 1. The first-order valence-corrected chi connectivity index (χ1v) is 4.53. The molecule has 2 N–H and O–H groups in total. The van der Waals surface area contributed by atoms with Gasteiger partial charge in [0.05, 0.1) is 0 Å². The van der Waals surface area contributed by atoms with Crippen molar-refractivity contribution in [3.63, 3.8) is 0 Å². The zero-order valence-electron chi connectivity index (χ0n) is 7.66. The Bertz CT molecular complexity index is 502. The molecule has 0 saturated heterocycles. The summed E-state index contributed by atoms with van der Waals surface area (Å²) in [4.78, 5) is 14.0. The van der Waals surface area contributed by atoms with E-state index in [1.165, 1.54) is 0 Å². The predicted octanol–water partition coefficient (Wildman–Crippen LogP) is 1.06. The van der Waals surface area contributed by atoms with Gasteiger partial charge < -0.3 is 10.1 Å². The second-order valence-electron chi connectivity index (χ2n) is 3.18. The number of pyridine rings is 1. The van der Waals surface area contributed by atoms with Gasteiger partial charge in [-0.25, -0.2) is 0 Å². The smallest absolute Gasteiger partial charge is 0.248 e. The lowest BCUT2D eigenvalue weighted by Crippen LogP contribution is -2.07. The SMILES string of the molecule is O=c1cc(CCO)c2ccccc2[nH]1. The second-order valence-corrected chi connectivity index (χ2v) is 3.18. The summed E-state index contributed by atoms with van der Waals surface area (Å²) in [5.41, 5.74) is 1.60. The topological polar surface area (TPSA) is 53.1 Å². The fourth-order valence-electron chi connectivity index (χ4n) is 1.60. The molecule has 1 aromatic carbocycles. The molecule has 0 aliphatic heterocycles. The Labute approximate surface area is 81.0 Å². The van der Waals surface area contributed by atoms with Crippen molar-refractivity contribution < 1.29 is 5.11 Å². The minimum absolute atomic E-state index is 0.0629. The molecule has 0 amide bonds. The van der Waals surface area contributed by atoms with Gasteiger partial charge in [0, 0.05) is 23.6 Å². The minimum atomic E-state index is -0.118. The minimum Gasteiger partial charge on any atom is -0.396 e. The van der Waals surface area contributed by atoms with Crippen LogP contribution in [0.15, 0.2) is 35.1 Å². The van der Waals surface area contributed by atoms with Crippen LogP contribution in [-0.4, -0.2) is 16.7 Å². The van der Waals surface area contributed by atoms with Gasteiger partial charge in [-0.1, -0.05) is 18.2 Å². The van der Waals surface area contributed by atoms with E-state index in [-0.39, 0.29) is 12.2 Å². The van der Waals surface area contributed by atoms with Crippen molar-refractivity contribution in [3.05, 3.63) is 46.2 Å². The zero-order valence-corrected chi connectivity index (χ0v) is 7.66. The second kappa shape index (κ2) is 3.64. The number of aliphatic hydroxyl groups excluding tert-OH is 1. The normalized spacial score (nSPS) is 10.6. The summed E-state index contributed by atoms with van der Waals surface area (Å²) in [6, 6.07) is 9.13. The Morgan fingerprint density at radius 3 is 2.86 bits per heavy atom. The van der Waals surface area contributed by atoms with E-state index < -0.39 is 0 Å². The molecule has 2 rings (SSSR count). The van der Waals surface area contributed by atoms with Crippen LogP contribution in [0.5, 0.6) is 0 Å². The molecule has 72 valence electrons. The first-order valence-electron chi connectivity index (χ1n) is 4.53. The van der Waals surface area contributed by atoms with Gasteiger partial charge in [0.1, 0.15) is 0 Å². The molecule has 2 aromatic rings. The van der Waals surface area contributed by atoms with Gasteiger partial charge in [0.25, 0.3) is 0 Å². The van der Waals surface area contributed by atoms with Crippen LogP contribution in [0.25, 0.3) is 10.9 Å². The van der Waals surface area contributed by atoms with Crippen LogP contribution < -0.4 is 5.56 Å². The van der Waals surface area contributed by atoms with Crippen LogP contribution in [0.4, 0.5) is 0 Å². The van der Waals surface area contributed by atoms with Gasteiger partial charge in [-0.3, -0.25) is 4.79 Å². The quantitative estimate of drug-likeness (QED) is 0.742. The molecule has 0 atom stereocenters. The average molecular weight is 189 g/mol. The van der Waals surface area contributed by atoms with E-state index in [0.717, 1.165) is 16.5 Å². The zero-order chi connectivity index (χ0) is 9.97. The van der Waals surface area contributed by atoms with Crippen LogP contribution >= 0.6 is 0 Å². The van der Waals surface area contributed by atoms with E-state index in [2.05, 4.69) is 4.98 Å². The summed E-state index contributed by atoms with van der Waals surface area (Å²) in [7, 11) is 0. The molecule has 3 heteroatoms. The van der Waals surface area contributed by atoms with Crippen LogP contribution in [0.3, 0.4) is 0 Å². The highest BCUT2D eigenvalue weighted by atomic mass is 16.3. The summed E-state index contributed by atoms with van der Waals surface area (Å²) in [5, 5.41) is 9.86. The molecule has 0 fully saturated rings. The van der Waals surface area contributed by atoms with Gasteiger partial charge in [-0.05, 0) is 18.1 Å². The number of aliphatic hydroxyl groups is 1. The van der Waals surface area contributed by atoms with Crippen molar-refractivity contribution in [1.29, 1.82) is 0 Å². The molecule has 1 aromatic heterocycles. The fraction of sp³-hybridized carbons (Fsp3) is 0.182. The van der Waals surface area contributed by atoms with Gasteiger partial charge in [-0.15, -0.1) is 0 Å². The molecule has 0 radical (unpaired) electrons. The maximum atomic E-state index is 11.2. The van der Waals surface area contributed by atoms with E-state index in [1.54, 1.807) is 6.07 Å². The largest absolute Gasteiger partial charge is 0.396 e. The van der Waals surface area contributed by atoms with Crippen LogP contribution in [0, 0.1) is 0 Å². The average Bonchev–Trinajstić information content (AvgIpc) is 2.18. The summed E-state index contributed by atoms with van der Waals surface area (Å²) in [6.45, 7) is 0.0629. The molecule has 14 heavy (non-hydrogen) atoms. The lowest BCUT2D eigenvalue weighted by Gasteiger charge is -2.03. The number of fused-ring (bicyclic) bond motifs is 1. The fourth-order valence-corrected chi connectivity index (χ4v) is 1.60.